The molecule has 0 amide bonds. The summed E-state index contributed by atoms with van der Waals surface area (Å²) in [7, 11) is 1.51. The summed E-state index contributed by atoms with van der Waals surface area (Å²) in [6.07, 6.45) is 0. The van der Waals surface area contributed by atoms with Gasteiger partial charge in [-0.3, -0.25) is 0 Å². The molecular weight excluding hydrogens is 284 g/mol. The van der Waals surface area contributed by atoms with Gasteiger partial charge in [0.25, 0.3) is 0 Å². The number of anilines is 1. The Bertz CT molecular complexity index is 532. The first kappa shape index (κ1) is 11.7. The molecule has 1 heterocycles. The summed E-state index contributed by atoms with van der Waals surface area (Å²) in [5.74, 6) is 1.48. The van der Waals surface area contributed by atoms with Gasteiger partial charge in [-0.2, -0.15) is 4.98 Å². The Morgan fingerprint density at radius 2 is 1.94 bits per heavy atom. The highest BCUT2D eigenvalue weighted by Gasteiger charge is 2.06. The van der Waals surface area contributed by atoms with Crippen molar-refractivity contribution in [2.24, 2.45) is 0 Å². The molecule has 0 spiro atoms. The molecule has 5 heteroatoms. The van der Waals surface area contributed by atoms with Crippen molar-refractivity contribution in [2.75, 3.05) is 12.8 Å². The minimum Gasteiger partial charge on any atom is -0.479 e. The normalized spacial score (nSPS) is 10.0. The molecule has 88 valence electrons. The summed E-state index contributed by atoms with van der Waals surface area (Å²) in [6, 6.07) is 10.9. The number of pyridine rings is 1. The zero-order valence-electron chi connectivity index (χ0n) is 9.18. The molecule has 2 N–H and O–H groups in total. The Morgan fingerprint density at radius 1 is 1.18 bits per heavy atom. The molecule has 0 atom stereocenters. The van der Waals surface area contributed by atoms with Crippen molar-refractivity contribution in [3.63, 3.8) is 0 Å². The molecular formula is C12H11BrN2O2. The number of nitrogens with zero attached hydrogens (tertiary/aromatic N) is 1. The molecule has 0 saturated heterocycles. The highest BCUT2D eigenvalue weighted by Crippen LogP contribution is 2.30. The second-order valence-corrected chi connectivity index (χ2v) is 4.13. The van der Waals surface area contributed by atoms with Gasteiger partial charge in [-0.25, -0.2) is 0 Å². The Hall–Kier alpha value is -1.75. The summed E-state index contributed by atoms with van der Waals surface area (Å²) >= 11 is 3.40. The van der Waals surface area contributed by atoms with Crippen LogP contribution in [0.3, 0.4) is 0 Å². The van der Waals surface area contributed by atoms with Gasteiger partial charge in [0.15, 0.2) is 0 Å². The molecule has 2 aromatic rings. The lowest BCUT2D eigenvalue weighted by molar-refractivity contribution is 0.385. The summed E-state index contributed by atoms with van der Waals surface area (Å²) < 4.78 is 11.5. The van der Waals surface area contributed by atoms with Crippen molar-refractivity contribution in [2.45, 2.75) is 0 Å². The van der Waals surface area contributed by atoms with Gasteiger partial charge < -0.3 is 15.2 Å². The van der Waals surface area contributed by atoms with E-state index in [1.165, 1.54) is 7.11 Å². The maximum absolute atomic E-state index is 5.67. The van der Waals surface area contributed by atoms with Gasteiger partial charge in [-0.15, -0.1) is 0 Å². The van der Waals surface area contributed by atoms with E-state index in [0.717, 1.165) is 4.47 Å². The Kier molecular flexibility index (Phi) is 3.49. The third-order valence-electron chi connectivity index (χ3n) is 2.11. The third kappa shape index (κ3) is 2.68. The Balaban J connectivity index is 2.28. The second-order valence-electron chi connectivity index (χ2n) is 3.28. The van der Waals surface area contributed by atoms with Crippen LogP contribution in [0.25, 0.3) is 0 Å². The molecule has 1 aromatic heterocycles. The van der Waals surface area contributed by atoms with E-state index in [4.69, 9.17) is 15.2 Å². The van der Waals surface area contributed by atoms with Crippen molar-refractivity contribution in [1.29, 1.82) is 0 Å². The third-order valence-corrected chi connectivity index (χ3v) is 2.76. The predicted molar refractivity (Wildman–Crippen MR) is 69.4 cm³/mol. The van der Waals surface area contributed by atoms with Gasteiger partial charge in [0, 0.05) is 6.07 Å². The van der Waals surface area contributed by atoms with Gasteiger partial charge in [0.2, 0.25) is 11.8 Å². The fraction of sp³-hybridized carbons (Fsp3) is 0.0833. The average Bonchev–Trinajstić information content (AvgIpc) is 2.34. The van der Waals surface area contributed by atoms with Crippen molar-refractivity contribution < 1.29 is 9.47 Å². The largest absolute Gasteiger partial charge is 0.479 e. The molecule has 0 saturated carbocycles. The molecule has 0 aliphatic rings. The van der Waals surface area contributed by atoms with Crippen LogP contribution in [-0.4, -0.2) is 12.1 Å². The first-order valence-corrected chi connectivity index (χ1v) is 5.73. The maximum atomic E-state index is 5.67. The van der Waals surface area contributed by atoms with E-state index in [1.807, 2.05) is 24.3 Å². The summed E-state index contributed by atoms with van der Waals surface area (Å²) in [5.41, 5.74) is 6.15. The van der Waals surface area contributed by atoms with Crippen molar-refractivity contribution in [3.05, 3.63) is 40.9 Å². The average molecular weight is 295 g/mol. The van der Waals surface area contributed by atoms with Gasteiger partial charge >= 0.3 is 0 Å². The molecule has 0 aliphatic heterocycles. The lowest BCUT2D eigenvalue weighted by atomic mass is 10.3. The van der Waals surface area contributed by atoms with E-state index >= 15 is 0 Å². The van der Waals surface area contributed by atoms with Gasteiger partial charge in [-0.05, 0) is 34.1 Å². The molecule has 2 rings (SSSR count). The van der Waals surface area contributed by atoms with E-state index in [0.29, 0.717) is 23.2 Å². The van der Waals surface area contributed by atoms with Crippen LogP contribution in [0.4, 0.5) is 5.69 Å². The number of nitrogen functional groups attached to an aromatic ring is 1. The predicted octanol–water partition coefficient (Wildman–Crippen LogP) is 3.23. The molecule has 4 nitrogen and oxygen atoms in total. The first-order chi connectivity index (χ1) is 8.20. The van der Waals surface area contributed by atoms with Gasteiger partial charge in [0.05, 0.1) is 17.3 Å². The van der Waals surface area contributed by atoms with Crippen molar-refractivity contribution in [1.82, 2.24) is 4.98 Å². The van der Waals surface area contributed by atoms with E-state index in [9.17, 15) is 0 Å². The number of benzene rings is 1. The number of halogens is 1. The molecule has 17 heavy (non-hydrogen) atoms. The second kappa shape index (κ2) is 5.05. The van der Waals surface area contributed by atoms with Gasteiger partial charge in [-0.1, -0.05) is 12.1 Å². The van der Waals surface area contributed by atoms with Crippen LogP contribution < -0.4 is 15.2 Å². The number of methoxy groups -OCH3 is 1. The monoisotopic (exact) mass is 294 g/mol. The van der Waals surface area contributed by atoms with Crippen LogP contribution in [0.1, 0.15) is 0 Å². The fourth-order valence-corrected chi connectivity index (χ4v) is 1.66. The molecule has 0 bridgehead atoms. The van der Waals surface area contributed by atoms with Crippen LogP contribution in [-0.2, 0) is 0 Å². The zero-order chi connectivity index (χ0) is 12.3. The Morgan fingerprint density at radius 3 is 2.65 bits per heavy atom. The Labute approximate surface area is 108 Å². The van der Waals surface area contributed by atoms with E-state index in [-0.39, 0.29) is 0 Å². The van der Waals surface area contributed by atoms with Crippen LogP contribution in [0.2, 0.25) is 0 Å². The molecule has 0 aliphatic carbocycles. The quantitative estimate of drug-likeness (QED) is 0.944. The summed E-state index contributed by atoms with van der Waals surface area (Å²) in [6.45, 7) is 0. The minimum absolute atomic E-state index is 0.356. The highest BCUT2D eigenvalue weighted by molar-refractivity contribution is 9.10. The van der Waals surface area contributed by atoms with Crippen LogP contribution in [0.5, 0.6) is 17.5 Å². The van der Waals surface area contributed by atoms with E-state index < -0.39 is 0 Å². The van der Waals surface area contributed by atoms with Gasteiger partial charge in [0.1, 0.15) is 5.75 Å². The number of hydrogen-bond donors (Lipinski definition) is 1. The minimum atomic E-state index is 0.356. The number of ether oxygens (including phenoxy) is 2. The van der Waals surface area contributed by atoms with Crippen LogP contribution in [0, 0.1) is 0 Å². The van der Waals surface area contributed by atoms with Crippen LogP contribution in [0.15, 0.2) is 40.9 Å². The lowest BCUT2D eigenvalue weighted by Crippen LogP contribution is -1.97. The van der Waals surface area contributed by atoms with Crippen molar-refractivity contribution >= 4 is 21.6 Å². The zero-order valence-corrected chi connectivity index (χ0v) is 10.8. The molecule has 1 aromatic carbocycles. The summed E-state index contributed by atoms with van der Waals surface area (Å²) in [5, 5.41) is 0. The molecule has 0 fully saturated rings. The molecule has 0 radical (unpaired) electrons. The van der Waals surface area contributed by atoms with Crippen molar-refractivity contribution in [3.8, 4) is 17.5 Å². The highest BCUT2D eigenvalue weighted by atomic mass is 79.9. The summed E-state index contributed by atoms with van der Waals surface area (Å²) in [4.78, 5) is 4.14. The number of nitrogens with two attached hydrogens (primary N) is 1. The lowest BCUT2D eigenvalue weighted by Gasteiger charge is -2.08. The molecule has 0 unspecified atom stereocenters. The first-order valence-electron chi connectivity index (χ1n) is 4.93. The van der Waals surface area contributed by atoms with Crippen LogP contribution >= 0.6 is 15.9 Å². The smallest absolute Gasteiger partial charge is 0.240 e. The van der Waals surface area contributed by atoms with E-state index in [1.54, 1.807) is 12.1 Å². The fourth-order valence-electron chi connectivity index (χ4n) is 1.29. The SMILES string of the molecule is COc1nc(Oc2ccccc2Br)ccc1N. The van der Waals surface area contributed by atoms with E-state index in [2.05, 4.69) is 20.9 Å². The number of rotatable bonds is 3. The number of hydrogen-bond acceptors (Lipinski definition) is 4. The maximum Gasteiger partial charge on any atom is 0.240 e. The standard InChI is InChI=1S/C12H11BrN2O2/c1-16-12-9(14)6-7-11(15-12)17-10-5-3-2-4-8(10)13/h2-7H,14H2,1H3. The number of para-hydroxylation sites is 1. The number of aromatic nitrogens is 1. The topological polar surface area (TPSA) is 57.4 Å².